The Labute approximate surface area is 303 Å². The molecule has 4 aromatic rings. The van der Waals surface area contributed by atoms with Gasteiger partial charge in [-0.2, -0.15) is 13.2 Å². The number of likely N-dealkylation sites (tertiary alicyclic amines) is 2. The molecule has 3 saturated heterocycles. The first-order valence-corrected chi connectivity index (χ1v) is 18.3. The highest BCUT2D eigenvalue weighted by Crippen LogP contribution is 2.41. The topological polar surface area (TPSA) is 118 Å². The molecule has 0 saturated carbocycles. The second kappa shape index (κ2) is 14.7. The molecule has 0 aliphatic carbocycles. The number of pyridine rings is 1. The normalized spacial score (nSPS) is 19.5. The van der Waals surface area contributed by atoms with Crippen molar-refractivity contribution in [1.29, 1.82) is 0 Å². The van der Waals surface area contributed by atoms with Crippen molar-refractivity contribution in [3.8, 4) is 5.75 Å². The van der Waals surface area contributed by atoms with Gasteiger partial charge < -0.3 is 24.8 Å². The third kappa shape index (κ3) is 7.38. The number of phenolic OH excluding ortho intramolecular Hbond substituents is 1. The van der Waals surface area contributed by atoms with Crippen LogP contribution in [-0.4, -0.2) is 117 Å². The second-order valence-electron chi connectivity index (χ2n) is 14.4. The fourth-order valence-electron chi connectivity index (χ4n) is 8.24. The van der Waals surface area contributed by atoms with Crippen molar-refractivity contribution in [2.75, 3.05) is 59.4 Å². The van der Waals surface area contributed by atoms with E-state index in [0.29, 0.717) is 69.2 Å². The Morgan fingerprint density at radius 1 is 0.962 bits per heavy atom. The number of alkyl halides is 3. The summed E-state index contributed by atoms with van der Waals surface area (Å²) in [6, 6.07) is 9.89. The first-order chi connectivity index (χ1) is 24.9. The number of H-pyrrole nitrogens is 1. The lowest BCUT2D eigenvalue weighted by atomic mass is 9.92. The fraction of sp³-hybridized carbons (Fsp3) is 0.514. The number of rotatable bonds is 7. The molecule has 278 valence electrons. The summed E-state index contributed by atoms with van der Waals surface area (Å²) < 4.78 is 43.1. The molecule has 3 fully saturated rings. The van der Waals surface area contributed by atoms with E-state index >= 15 is 0 Å². The summed E-state index contributed by atoms with van der Waals surface area (Å²) in [4.78, 5) is 56.8. The Hall–Kier alpha value is -4.14. The number of piperidine rings is 2. The summed E-state index contributed by atoms with van der Waals surface area (Å²) in [7, 11) is 2.11. The maximum absolute atomic E-state index is 14.1. The minimum Gasteiger partial charge on any atom is -0.506 e. The number of nitrogens with zero attached hydrogens (tertiary/aromatic N) is 6. The van der Waals surface area contributed by atoms with Crippen LogP contribution in [0.15, 0.2) is 47.4 Å². The summed E-state index contributed by atoms with van der Waals surface area (Å²) >= 11 is 6.04. The zero-order chi connectivity index (χ0) is 36.7. The third-order valence-corrected chi connectivity index (χ3v) is 11.4. The van der Waals surface area contributed by atoms with Crippen molar-refractivity contribution in [3.05, 3.63) is 69.2 Å². The van der Waals surface area contributed by atoms with Crippen molar-refractivity contribution in [3.63, 3.8) is 0 Å². The average Bonchev–Trinajstić information content (AvgIpc) is 3.48. The molecule has 5 heterocycles. The molecule has 11 nitrogen and oxygen atoms in total. The van der Waals surface area contributed by atoms with E-state index in [1.807, 2.05) is 24.3 Å². The molecule has 15 heteroatoms. The number of fused-ring (bicyclic) bond motifs is 3. The zero-order valence-electron chi connectivity index (χ0n) is 29.0. The van der Waals surface area contributed by atoms with Crippen molar-refractivity contribution in [1.82, 2.24) is 34.1 Å². The average molecular weight is 742 g/mol. The van der Waals surface area contributed by atoms with Crippen molar-refractivity contribution < 1.29 is 27.9 Å². The van der Waals surface area contributed by atoms with Crippen LogP contribution < -0.4 is 5.69 Å². The van der Waals surface area contributed by atoms with Gasteiger partial charge in [0.25, 0.3) is 0 Å². The number of carbonyl (C=O) groups is 2. The molecule has 0 unspecified atom stereocenters. The minimum absolute atomic E-state index is 0.116. The molecular formula is C37H43ClF3N7O4. The molecule has 3 aliphatic rings. The van der Waals surface area contributed by atoms with E-state index in [2.05, 4.69) is 26.8 Å². The number of imidazole rings is 1. The molecule has 0 radical (unpaired) electrons. The summed E-state index contributed by atoms with van der Waals surface area (Å²) in [5.41, 5.74) is 0.773. The SMILES string of the molecule is CN1CCC(N2CCN(C(=O)[C@H](CC(=O)N3CCC(n4c(=O)[nH]c5c6ccccc6ncc54)CC3)Cc3cc(Cl)c(O)c(C(F)(F)F)c3)CC2)CC1. The van der Waals surface area contributed by atoms with Crippen LogP contribution in [0.2, 0.25) is 5.02 Å². The van der Waals surface area contributed by atoms with E-state index < -0.39 is 28.4 Å². The number of nitrogens with one attached hydrogen (secondary N) is 1. The predicted octanol–water partition coefficient (Wildman–Crippen LogP) is 4.91. The lowest BCUT2D eigenvalue weighted by molar-refractivity contribution is -0.143. The molecule has 1 atom stereocenters. The van der Waals surface area contributed by atoms with Gasteiger partial charge in [0.05, 0.1) is 39.3 Å². The maximum atomic E-state index is 14.1. The van der Waals surface area contributed by atoms with Gasteiger partial charge in [-0.15, -0.1) is 0 Å². The monoisotopic (exact) mass is 741 g/mol. The number of aromatic amines is 1. The van der Waals surface area contributed by atoms with Gasteiger partial charge in [-0.05, 0) is 76.0 Å². The summed E-state index contributed by atoms with van der Waals surface area (Å²) in [5, 5.41) is 10.4. The van der Waals surface area contributed by atoms with Crippen LogP contribution in [-0.2, 0) is 22.2 Å². The van der Waals surface area contributed by atoms with Crippen LogP contribution >= 0.6 is 11.6 Å². The molecule has 2 aromatic heterocycles. The molecule has 2 amide bonds. The Bertz CT molecular complexity index is 2010. The molecule has 52 heavy (non-hydrogen) atoms. The predicted molar refractivity (Wildman–Crippen MR) is 191 cm³/mol. The molecule has 7 rings (SSSR count). The number of amides is 2. The largest absolute Gasteiger partial charge is 0.506 e. The van der Waals surface area contributed by atoms with Crippen LogP contribution in [0.4, 0.5) is 13.2 Å². The van der Waals surface area contributed by atoms with Gasteiger partial charge in [0, 0.05) is 63.2 Å². The van der Waals surface area contributed by atoms with Gasteiger partial charge in [-0.1, -0.05) is 29.8 Å². The van der Waals surface area contributed by atoms with Crippen LogP contribution in [0.5, 0.6) is 5.75 Å². The Morgan fingerprint density at radius 2 is 1.63 bits per heavy atom. The summed E-state index contributed by atoms with van der Waals surface area (Å²) in [5.74, 6) is -2.56. The molecule has 2 aromatic carbocycles. The van der Waals surface area contributed by atoms with E-state index in [1.165, 1.54) is 6.07 Å². The molecule has 2 N–H and O–H groups in total. The number of benzene rings is 2. The van der Waals surface area contributed by atoms with Crippen molar-refractivity contribution in [2.45, 2.75) is 56.8 Å². The van der Waals surface area contributed by atoms with Gasteiger partial charge in [0.15, 0.2) is 0 Å². The van der Waals surface area contributed by atoms with Gasteiger partial charge in [-0.25, -0.2) is 4.79 Å². The Morgan fingerprint density at radius 3 is 2.33 bits per heavy atom. The number of aromatic hydroxyl groups is 1. The van der Waals surface area contributed by atoms with Crippen LogP contribution in [0.1, 0.15) is 49.3 Å². The number of hydrogen-bond donors (Lipinski definition) is 2. The lowest BCUT2D eigenvalue weighted by Gasteiger charge is -2.43. The minimum atomic E-state index is -4.86. The van der Waals surface area contributed by atoms with Crippen LogP contribution in [0.25, 0.3) is 21.9 Å². The smallest absolute Gasteiger partial charge is 0.420 e. The maximum Gasteiger partial charge on any atom is 0.420 e. The lowest BCUT2D eigenvalue weighted by Crippen LogP contribution is -2.55. The number of hydrogen-bond acceptors (Lipinski definition) is 7. The third-order valence-electron chi connectivity index (χ3n) is 11.2. The van der Waals surface area contributed by atoms with E-state index in [4.69, 9.17) is 11.6 Å². The number of phenols is 1. The number of para-hydroxylation sites is 1. The van der Waals surface area contributed by atoms with Gasteiger partial charge in [0.2, 0.25) is 11.8 Å². The standard InChI is InChI=1S/C37H43ClF3N7O4/c1-44-10-6-25(7-11-44)45-14-16-47(17-15-45)35(51)24(18-23-19-28(37(39,40)41)34(50)29(38)20-23)21-32(49)46-12-8-26(9-13-46)48-31-22-42-30-5-3-2-4-27(30)33(31)43-36(48)52/h2-5,19-20,22,24-26,50H,6-18,21H2,1H3,(H,43,52)/t24-/m0/s1. The molecular weight excluding hydrogens is 699 g/mol. The molecule has 0 bridgehead atoms. The van der Waals surface area contributed by atoms with E-state index in [-0.39, 0.29) is 42.0 Å². The van der Waals surface area contributed by atoms with Gasteiger partial charge in [-0.3, -0.25) is 24.0 Å². The molecule has 0 spiro atoms. The number of piperazine rings is 1. The van der Waals surface area contributed by atoms with Crippen molar-refractivity contribution in [2.24, 2.45) is 5.92 Å². The van der Waals surface area contributed by atoms with Gasteiger partial charge in [0.1, 0.15) is 5.75 Å². The number of carbonyl (C=O) groups excluding carboxylic acids is 2. The summed E-state index contributed by atoms with van der Waals surface area (Å²) in [6.07, 6.45) is -0.377. The van der Waals surface area contributed by atoms with E-state index in [0.717, 1.165) is 42.9 Å². The van der Waals surface area contributed by atoms with Crippen LogP contribution in [0, 0.1) is 5.92 Å². The van der Waals surface area contributed by atoms with E-state index in [9.17, 15) is 32.7 Å². The molecule has 3 aliphatic heterocycles. The fourth-order valence-corrected chi connectivity index (χ4v) is 8.49. The second-order valence-corrected chi connectivity index (χ2v) is 14.8. The Balaban J connectivity index is 1.06. The van der Waals surface area contributed by atoms with Gasteiger partial charge >= 0.3 is 11.9 Å². The van der Waals surface area contributed by atoms with E-state index in [1.54, 1.807) is 20.6 Å². The zero-order valence-corrected chi connectivity index (χ0v) is 29.8. The number of halogens is 4. The Kier molecular flexibility index (Phi) is 10.2. The van der Waals surface area contributed by atoms with Crippen molar-refractivity contribution >= 4 is 45.4 Å². The quantitative estimate of drug-likeness (QED) is 0.277. The summed E-state index contributed by atoms with van der Waals surface area (Å²) in [6.45, 7) is 5.06. The van der Waals surface area contributed by atoms with Crippen LogP contribution in [0.3, 0.4) is 0 Å². The first kappa shape index (κ1) is 36.2. The highest BCUT2D eigenvalue weighted by Gasteiger charge is 2.37. The highest BCUT2D eigenvalue weighted by atomic mass is 35.5. The first-order valence-electron chi connectivity index (χ1n) is 17.9. The number of aromatic nitrogens is 3. The highest BCUT2D eigenvalue weighted by molar-refractivity contribution is 6.32.